The Balaban J connectivity index is 3.08. The first-order valence-corrected chi connectivity index (χ1v) is 4.93. The molecule has 1 aromatic rings. The van der Waals surface area contributed by atoms with Crippen molar-refractivity contribution in [3.8, 4) is 11.5 Å². The zero-order chi connectivity index (χ0) is 10.7. The van der Waals surface area contributed by atoms with Gasteiger partial charge in [-0.05, 0) is 38.5 Å². The summed E-state index contributed by atoms with van der Waals surface area (Å²) in [6, 6.07) is 3.79. The number of ether oxygens (including phenoxy) is 2. The molecule has 2 nitrogen and oxygen atoms in total. The minimum atomic E-state index is 0.110. The fourth-order valence-electron chi connectivity index (χ4n) is 1.19. The molecule has 3 heteroatoms. The highest BCUT2D eigenvalue weighted by atomic mass is 35.5. The number of halogens is 1. The molecule has 0 saturated carbocycles. The van der Waals surface area contributed by atoms with Gasteiger partial charge in [0.1, 0.15) is 16.5 Å². The van der Waals surface area contributed by atoms with E-state index in [2.05, 4.69) is 0 Å². The predicted octanol–water partition coefficient (Wildman–Crippen LogP) is 3.44. The first-order chi connectivity index (χ1) is 6.54. The van der Waals surface area contributed by atoms with Crippen LogP contribution < -0.4 is 9.47 Å². The number of rotatable bonds is 3. The van der Waals surface area contributed by atoms with Crippen molar-refractivity contribution in [1.82, 2.24) is 0 Å². The van der Waals surface area contributed by atoms with Gasteiger partial charge in [0.25, 0.3) is 0 Å². The van der Waals surface area contributed by atoms with Crippen molar-refractivity contribution in [3.63, 3.8) is 0 Å². The molecule has 14 heavy (non-hydrogen) atoms. The van der Waals surface area contributed by atoms with Gasteiger partial charge in [-0.3, -0.25) is 0 Å². The van der Waals surface area contributed by atoms with Crippen LogP contribution in [0.25, 0.3) is 0 Å². The molecule has 0 heterocycles. The molecule has 0 bridgehead atoms. The fraction of sp³-hybridized carbons (Fsp3) is 0.455. The van der Waals surface area contributed by atoms with E-state index in [1.165, 1.54) is 0 Å². The van der Waals surface area contributed by atoms with Gasteiger partial charge in [-0.1, -0.05) is 11.6 Å². The molecule has 0 saturated heterocycles. The van der Waals surface area contributed by atoms with Gasteiger partial charge in [-0.15, -0.1) is 0 Å². The molecule has 1 rings (SSSR count). The lowest BCUT2D eigenvalue weighted by molar-refractivity contribution is 0.241. The molecule has 0 amide bonds. The van der Waals surface area contributed by atoms with E-state index in [-0.39, 0.29) is 6.10 Å². The topological polar surface area (TPSA) is 18.5 Å². The summed E-state index contributed by atoms with van der Waals surface area (Å²) in [4.78, 5) is 0. The first kappa shape index (κ1) is 11.2. The summed E-state index contributed by atoms with van der Waals surface area (Å²) in [7, 11) is 1.60. The summed E-state index contributed by atoms with van der Waals surface area (Å²) in [6.07, 6.45) is 0.110. The Morgan fingerprint density at radius 1 is 1.21 bits per heavy atom. The Kier molecular flexibility index (Phi) is 3.64. The van der Waals surface area contributed by atoms with Gasteiger partial charge < -0.3 is 9.47 Å². The SMILES string of the molecule is COc1cc(C)cc(OC(C)C)c1Cl. The minimum Gasteiger partial charge on any atom is -0.495 e. The minimum absolute atomic E-state index is 0.110. The Morgan fingerprint density at radius 2 is 1.79 bits per heavy atom. The monoisotopic (exact) mass is 214 g/mol. The number of benzene rings is 1. The highest BCUT2D eigenvalue weighted by molar-refractivity contribution is 6.33. The van der Waals surface area contributed by atoms with Crippen LogP contribution in [-0.2, 0) is 0 Å². The quantitative estimate of drug-likeness (QED) is 0.768. The van der Waals surface area contributed by atoms with Crippen LogP contribution in [0.4, 0.5) is 0 Å². The molecule has 0 fully saturated rings. The van der Waals surface area contributed by atoms with Crippen LogP contribution in [0.2, 0.25) is 5.02 Å². The van der Waals surface area contributed by atoms with Crippen LogP contribution in [-0.4, -0.2) is 13.2 Å². The molecular weight excluding hydrogens is 200 g/mol. The second-order valence-electron chi connectivity index (χ2n) is 3.45. The molecule has 0 atom stereocenters. The zero-order valence-electron chi connectivity index (χ0n) is 8.93. The maximum Gasteiger partial charge on any atom is 0.142 e. The maximum atomic E-state index is 6.07. The molecule has 0 spiro atoms. The van der Waals surface area contributed by atoms with Gasteiger partial charge in [0.2, 0.25) is 0 Å². The number of aryl methyl sites for hydroxylation is 1. The molecule has 0 N–H and O–H groups in total. The van der Waals surface area contributed by atoms with E-state index >= 15 is 0 Å². The summed E-state index contributed by atoms with van der Waals surface area (Å²) in [6.45, 7) is 5.91. The van der Waals surface area contributed by atoms with Gasteiger partial charge in [0, 0.05) is 0 Å². The smallest absolute Gasteiger partial charge is 0.142 e. The summed E-state index contributed by atoms with van der Waals surface area (Å²) in [5.41, 5.74) is 1.07. The molecule has 0 radical (unpaired) electrons. The van der Waals surface area contributed by atoms with Crippen molar-refractivity contribution < 1.29 is 9.47 Å². The Morgan fingerprint density at radius 3 is 2.29 bits per heavy atom. The van der Waals surface area contributed by atoms with Gasteiger partial charge in [-0.25, -0.2) is 0 Å². The van der Waals surface area contributed by atoms with Crippen LogP contribution in [0, 0.1) is 6.92 Å². The lowest BCUT2D eigenvalue weighted by Gasteiger charge is -2.14. The summed E-state index contributed by atoms with van der Waals surface area (Å²) in [5.74, 6) is 1.33. The fourth-order valence-corrected chi connectivity index (χ4v) is 1.42. The lowest BCUT2D eigenvalue weighted by Crippen LogP contribution is -2.06. The van der Waals surface area contributed by atoms with E-state index in [0.29, 0.717) is 16.5 Å². The van der Waals surface area contributed by atoms with Crippen LogP contribution >= 0.6 is 11.6 Å². The molecule has 78 valence electrons. The van der Waals surface area contributed by atoms with Crippen LogP contribution in [0.3, 0.4) is 0 Å². The van der Waals surface area contributed by atoms with E-state index in [0.717, 1.165) is 5.56 Å². The Hall–Kier alpha value is -0.890. The van der Waals surface area contributed by atoms with Crippen molar-refractivity contribution in [2.24, 2.45) is 0 Å². The zero-order valence-corrected chi connectivity index (χ0v) is 9.68. The number of methoxy groups -OCH3 is 1. The average molecular weight is 215 g/mol. The van der Waals surface area contributed by atoms with Crippen molar-refractivity contribution in [1.29, 1.82) is 0 Å². The molecule has 0 unspecified atom stereocenters. The number of hydrogen-bond donors (Lipinski definition) is 0. The highest BCUT2D eigenvalue weighted by Crippen LogP contribution is 2.35. The van der Waals surface area contributed by atoms with E-state index in [1.807, 2.05) is 32.9 Å². The Labute approximate surface area is 89.8 Å². The van der Waals surface area contributed by atoms with E-state index < -0.39 is 0 Å². The van der Waals surface area contributed by atoms with Crippen LogP contribution in [0.15, 0.2) is 12.1 Å². The third-order valence-electron chi connectivity index (χ3n) is 1.73. The molecule has 0 aliphatic carbocycles. The van der Waals surface area contributed by atoms with Crippen molar-refractivity contribution in [2.45, 2.75) is 26.9 Å². The molecule has 0 aliphatic rings. The lowest BCUT2D eigenvalue weighted by atomic mass is 10.2. The Bertz CT molecular complexity index is 321. The first-order valence-electron chi connectivity index (χ1n) is 4.55. The van der Waals surface area contributed by atoms with Gasteiger partial charge in [-0.2, -0.15) is 0 Å². The maximum absolute atomic E-state index is 6.07. The van der Waals surface area contributed by atoms with E-state index in [9.17, 15) is 0 Å². The predicted molar refractivity (Wildman–Crippen MR) is 58.5 cm³/mol. The third-order valence-corrected chi connectivity index (χ3v) is 2.11. The molecule has 0 aliphatic heterocycles. The van der Waals surface area contributed by atoms with Crippen molar-refractivity contribution >= 4 is 11.6 Å². The van der Waals surface area contributed by atoms with Crippen LogP contribution in [0.1, 0.15) is 19.4 Å². The molecular formula is C11H15ClO2. The van der Waals surface area contributed by atoms with Gasteiger partial charge in [0.05, 0.1) is 13.2 Å². The summed E-state index contributed by atoms with van der Waals surface area (Å²) in [5, 5.41) is 0.534. The van der Waals surface area contributed by atoms with Gasteiger partial charge in [0.15, 0.2) is 0 Å². The molecule has 1 aromatic carbocycles. The van der Waals surface area contributed by atoms with Crippen molar-refractivity contribution in [2.75, 3.05) is 7.11 Å². The average Bonchev–Trinajstić information content (AvgIpc) is 2.09. The van der Waals surface area contributed by atoms with Crippen molar-refractivity contribution in [3.05, 3.63) is 22.7 Å². The van der Waals surface area contributed by atoms with Crippen LogP contribution in [0.5, 0.6) is 11.5 Å². The summed E-state index contributed by atoms with van der Waals surface area (Å²) >= 11 is 6.07. The second-order valence-corrected chi connectivity index (χ2v) is 3.82. The van der Waals surface area contributed by atoms with E-state index in [1.54, 1.807) is 7.11 Å². The van der Waals surface area contributed by atoms with Gasteiger partial charge >= 0.3 is 0 Å². The molecule has 0 aromatic heterocycles. The number of hydrogen-bond acceptors (Lipinski definition) is 2. The largest absolute Gasteiger partial charge is 0.495 e. The highest BCUT2D eigenvalue weighted by Gasteiger charge is 2.10. The second kappa shape index (κ2) is 4.56. The summed E-state index contributed by atoms with van der Waals surface area (Å²) < 4.78 is 10.7. The standard InChI is InChI=1S/C11H15ClO2/c1-7(2)14-10-6-8(3)5-9(13-4)11(10)12/h5-7H,1-4H3. The third kappa shape index (κ3) is 2.55. The van der Waals surface area contributed by atoms with E-state index in [4.69, 9.17) is 21.1 Å². The normalized spacial score (nSPS) is 10.4.